The summed E-state index contributed by atoms with van der Waals surface area (Å²) in [5, 5.41) is 8.79. The third-order valence-corrected chi connectivity index (χ3v) is 5.85. The molecule has 1 aromatic carbocycles. The van der Waals surface area contributed by atoms with Crippen molar-refractivity contribution in [1.82, 2.24) is 19.5 Å². The molecule has 1 amide bonds. The summed E-state index contributed by atoms with van der Waals surface area (Å²) in [5.41, 5.74) is 0.906. The molecule has 1 aliphatic rings. The van der Waals surface area contributed by atoms with Gasteiger partial charge in [-0.15, -0.1) is 0 Å². The minimum absolute atomic E-state index is 0.180. The summed E-state index contributed by atoms with van der Waals surface area (Å²) >= 11 is 0. The van der Waals surface area contributed by atoms with Crippen LogP contribution in [0.1, 0.15) is 24.8 Å². The summed E-state index contributed by atoms with van der Waals surface area (Å²) in [6.07, 6.45) is 3.94. The van der Waals surface area contributed by atoms with Crippen molar-refractivity contribution in [3.05, 3.63) is 36.2 Å². The number of anilines is 1. The minimum Gasteiger partial charge on any atom is -0.295 e. The number of carbonyl (C=O) groups is 1. The standard InChI is InChI=1S/C15H19N5O3S/c21-14(18-15-16-11-17-19-15)8-5-12-3-6-13(7-4-12)24(22,23)20-9-1-2-10-20/h3-4,6-7,11H,1-2,5,8-10H2,(H2,16,17,18,19,21). The van der Waals surface area contributed by atoms with Gasteiger partial charge in [-0.25, -0.2) is 13.5 Å². The first kappa shape index (κ1) is 16.6. The van der Waals surface area contributed by atoms with Crippen molar-refractivity contribution in [3.8, 4) is 0 Å². The molecule has 0 saturated carbocycles. The van der Waals surface area contributed by atoms with Crippen LogP contribution in [0.25, 0.3) is 0 Å². The smallest absolute Gasteiger partial charge is 0.243 e. The van der Waals surface area contributed by atoms with Crippen molar-refractivity contribution in [2.75, 3.05) is 18.4 Å². The lowest BCUT2D eigenvalue weighted by molar-refractivity contribution is -0.116. The molecule has 0 bridgehead atoms. The predicted molar refractivity (Wildman–Crippen MR) is 87.8 cm³/mol. The molecule has 128 valence electrons. The molecule has 0 radical (unpaired) electrons. The van der Waals surface area contributed by atoms with Gasteiger partial charge in [0.25, 0.3) is 0 Å². The van der Waals surface area contributed by atoms with E-state index in [0.29, 0.717) is 30.4 Å². The maximum absolute atomic E-state index is 12.4. The van der Waals surface area contributed by atoms with Crippen LogP contribution in [-0.2, 0) is 21.2 Å². The molecule has 2 N–H and O–H groups in total. The molecule has 8 nitrogen and oxygen atoms in total. The topological polar surface area (TPSA) is 108 Å². The fourth-order valence-electron chi connectivity index (χ4n) is 2.62. The lowest BCUT2D eigenvalue weighted by atomic mass is 10.1. The molecule has 9 heteroatoms. The second-order valence-electron chi connectivity index (χ2n) is 5.64. The maximum atomic E-state index is 12.4. The van der Waals surface area contributed by atoms with Crippen molar-refractivity contribution in [2.24, 2.45) is 0 Å². The first-order valence-corrected chi connectivity index (χ1v) is 9.24. The molecule has 24 heavy (non-hydrogen) atoms. The van der Waals surface area contributed by atoms with Gasteiger partial charge in [0.1, 0.15) is 6.33 Å². The molecular weight excluding hydrogens is 330 g/mol. The van der Waals surface area contributed by atoms with Crippen LogP contribution in [0, 0.1) is 0 Å². The van der Waals surface area contributed by atoms with Gasteiger partial charge >= 0.3 is 0 Å². The molecule has 0 atom stereocenters. The first-order valence-electron chi connectivity index (χ1n) is 7.80. The van der Waals surface area contributed by atoms with Gasteiger partial charge in [0, 0.05) is 19.5 Å². The number of nitrogens with zero attached hydrogens (tertiary/aromatic N) is 3. The molecule has 2 heterocycles. The number of sulfonamides is 1. The van der Waals surface area contributed by atoms with Crippen LogP contribution in [0.2, 0.25) is 0 Å². The van der Waals surface area contributed by atoms with Crippen LogP contribution in [0.3, 0.4) is 0 Å². The normalized spacial score (nSPS) is 15.5. The van der Waals surface area contributed by atoms with E-state index in [1.807, 2.05) is 0 Å². The third-order valence-electron chi connectivity index (χ3n) is 3.94. The van der Waals surface area contributed by atoms with Crippen LogP contribution >= 0.6 is 0 Å². The van der Waals surface area contributed by atoms with E-state index >= 15 is 0 Å². The Hall–Kier alpha value is -2.26. The number of carbonyl (C=O) groups excluding carboxylic acids is 1. The van der Waals surface area contributed by atoms with Crippen molar-refractivity contribution in [1.29, 1.82) is 0 Å². The highest BCUT2D eigenvalue weighted by Gasteiger charge is 2.26. The summed E-state index contributed by atoms with van der Waals surface area (Å²) in [6, 6.07) is 6.73. The highest BCUT2D eigenvalue weighted by Crippen LogP contribution is 2.21. The second-order valence-corrected chi connectivity index (χ2v) is 7.58. The second kappa shape index (κ2) is 7.10. The highest BCUT2D eigenvalue weighted by atomic mass is 32.2. The SMILES string of the molecule is O=C(CCc1ccc(S(=O)(=O)N2CCCC2)cc1)Nc1ncn[nH]1. The van der Waals surface area contributed by atoms with E-state index in [0.717, 1.165) is 18.4 Å². The van der Waals surface area contributed by atoms with Crippen LogP contribution in [0.5, 0.6) is 0 Å². The fraction of sp³-hybridized carbons (Fsp3) is 0.400. The summed E-state index contributed by atoms with van der Waals surface area (Å²) < 4.78 is 26.4. The van der Waals surface area contributed by atoms with E-state index < -0.39 is 10.0 Å². The van der Waals surface area contributed by atoms with Gasteiger partial charge in [-0.05, 0) is 37.0 Å². The Morgan fingerprint density at radius 2 is 1.92 bits per heavy atom. The van der Waals surface area contributed by atoms with E-state index in [4.69, 9.17) is 0 Å². The lowest BCUT2D eigenvalue weighted by Crippen LogP contribution is -2.27. The Morgan fingerprint density at radius 3 is 2.54 bits per heavy atom. The molecule has 2 aromatic rings. The van der Waals surface area contributed by atoms with Gasteiger partial charge in [-0.1, -0.05) is 12.1 Å². The Balaban J connectivity index is 1.57. The zero-order chi connectivity index (χ0) is 17.0. The molecule has 1 saturated heterocycles. The van der Waals surface area contributed by atoms with Gasteiger partial charge in [0.2, 0.25) is 21.9 Å². The number of hydrogen-bond donors (Lipinski definition) is 2. The number of benzene rings is 1. The number of hydrogen-bond acceptors (Lipinski definition) is 5. The molecule has 1 aromatic heterocycles. The Morgan fingerprint density at radius 1 is 1.21 bits per heavy atom. The highest BCUT2D eigenvalue weighted by molar-refractivity contribution is 7.89. The van der Waals surface area contributed by atoms with Crippen LogP contribution in [0.15, 0.2) is 35.5 Å². The number of aryl methyl sites for hydroxylation is 1. The van der Waals surface area contributed by atoms with Gasteiger partial charge in [-0.2, -0.15) is 14.4 Å². The number of amides is 1. The Labute approximate surface area is 140 Å². The fourth-order valence-corrected chi connectivity index (χ4v) is 4.14. The Bertz CT molecular complexity index is 781. The molecule has 0 spiro atoms. The number of rotatable bonds is 6. The first-order chi connectivity index (χ1) is 11.6. The van der Waals surface area contributed by atoms with Gasteiger partial charge in [0.15, 0.2) is 0 Å². The molecule has 1 fully saturated rings. The summed E-state index contributed by atoms with van der Waals surface area (Å²) in [4.78, 5) is 15.9. The van der Waals surface area contributed by atoms with E-state index in [9.17, 15) is 13.2 Å². The van der Waals surface area contributed by atoms with Gasteiger partial charge < -0.3 is 0 Å². The monoisotopic (exact) mass is 349 g/mol. The average Bonchev–Trinajstić information content (AvgIpc) is 3.27. The van der Waals surface area contributed by atoms with E-state index in [1.165, 1.54) is 10.6 Å². The predicted octanol–water partition coefficient (Wildman–Crippen LogP) is 1.16. The minimum atomic E-state index is -3.39. The number of aromatic amines is 1. The molecule has 1 aliphatic heterocycles. The lowest BCUT2D eigenvalue weighted by Gasteiger charge is -2.15. The van der Waals surface area contributed by atoms with Gasteiger partial charge in [-0.3, -0.25) is 10.1 Å². The van der Waals surface area contributed by atoms with E-state index in [-0.39, 0.29) is 12.3 Å². The van der Waals surface area contributed by atoms with E-state index in [2.05, 4.69) is 20.5 Å². The molecule has 0 aliphatic carbocycles. The van der Waals surface area contributed by atoms with E-state index in [1.54, 1.807) is 24.3 Å². The van der Waals surface area contributed by atoms with Crippen molar-refractivity contribution >= 4 is 21.9 Å². The van der Waals surface area contributed by atoms with Gasteiger partial charge in [0.05, 0.1) is 4.90 Å². The number of nitrogens with one attached hydrogen (secondary N) is 2. The summed E-state index contributed by atoms with van der Waals surface area (Å²) in [7, 11) is -3.39. The maximum Gasteiger partial charge on any atom is 0.243 e. The molecule has 3 rings (SSSR count). The molecular formula is C15H19N5O3S. The van der Waals surface area contributed by atoms with Crippen LogP contribution < -0.4 is 5.32 Å². The summed E-state index contributed by atoms with van der Waals surface area (Å²) in [5.74, 6) is 0.132. The quantitative estimate of drug-likeness (QED) is 0.813. The van der Waals surface area contributed by atoms with Crippen molar-refractivity contribution in [2.45, 2.75) is 30.6 Å². The molecule has 0 unspecified atom stereocenters. The number of aromatic nitrogens is 3. The zero-order valence-corrected chi connectivity index (χ0v) is 13.9. The third kappa shape index (κ3) is 3.80. The largest absolute Gasteiger partial charge is 0.295 e. The van der Waals surface area contributed by atoms with Crippen LogP contribution in [-0.4, -0.2) is 46.9 Å². The zero-order valence-electron chi connectivity index (χ0n) is 13.1. The Kier molecular flexibility index (Phi) is 4.91. The summed E-state index contributed by atoms with van der Waals surface area (Å²) in [6.45, 7) is 1.18. The van der Waals surface area contributed by atoms with Crippen LogP contribution in [0.4, 0.5) is 5.95 Å². The number of H-pyrrole nitrogens is 1. The van der Waals surface area contributed by atoms with Crippen molar-refractivity contribution in [3.63, 3.8) is 0 Å². The van der Waals surface area contributed by atoms with Crippen molar-refractivity contribution < 1.29 is 13.2 Å². The average molecular weight is 349 g/mol.